The van der Waals surface area contributed by atoms with E-state index in [0.717, 1.165) is 10.8 Å². The molecule has 24 heavy (non-hydrogen) atoms. The summed E-state index contributed by atoms with van der Waals surface area (Å²) in [5.74, 6) is -0.0116. The lowest BCUT2D eigenvalue weighted by atomic mass is 10.1. The number of hydrazone groups is 1. The lowest BCUT2D eigenvalue weighted by Gasteiger charge is -2.13. The molecule has 0 aliphatic carbocycles. The van der Waals surface area contributed by atoms with E-state index in [1.807, 2.05) is 24.3 Å². The summed E-state index contributed by atoms with van der Waals surface area (Å²) in [7, 11) is 0. The van der Waals surface area contributed by atoms with Crippen LogP contribution in [0.5, 0.6) is 11.5 Å². The number of hydrogen-bond donors (Lipinski definition) is 4. The molecule has 0 bridgehead atoms. The van der Waals surface area contributed by atoms with Crippen LogP contribution in [-0.2, 0) is 0 Å². The van der Waals surface area contributed by atoms with E-state index in [-0.39, 0.29) is 11.5 Å². The molecule has 4 N–H and O–H groups in total. The van der Waals surface area contributed by atoms with E-state index in [9.17, 15) is 15.3 Å². The first kappa shape index (κ1) is 16.1. The molecule has 0 fully saturated rings. The summed E-state index contributed by atoms with van der Waals surface area (Å²) in [6, 6.07) is 15.3. The van der Waals surface area contributed by atoms with Crippen molar-refractivity contribution >= 4 is 28.6 Å². The molecule has 0 spiro atoms. The molecular weight excluding hydrogens is 328 g/mol. The van der Waals surface area contributed by atoms with Crippen molar-refractivity contribution in [1.82, 2.24) is 5.43 Å². The van der Waals surface area contributed by atoms with Gasteiger partial charge in [-0.1, -0.05) is 35.9 Å². The van der Waals surface area contributed by atoms with Crippen molar-refractivity contribution in [2.45, 2.75) is 6.23 Å². The highest BCUT2D eigenvalue weighted by molar-refractivity contribution is 6.30. The highest BCUT2D eigenvalue weighted by Gasteiger charge is 2.12. The van der Waals surface area contributed by atoms with E-state index in [4.69, 9.17) is 11.6 Å². The van der Waals surface area contributed by atoms with Gasteiger partial charge in [0.15, 0.2) is 6.23 Å². The molecule has 0 aliphatic heterocycles. The second-order valence-corrected chi connectivity index (χ2v) is 5.69. The van der Waals surface area contributed by atoms with E-state index in [1.54, 1.807) is 24.3 Å². The zero-order valence-corrected chi connectivity index (χ0v) is 13.3. The van der Waals surface area contributed by atoms with Gasteiger partial charge in [-0.15, -0.1) is 0 Å². The van der Waals surface area contributed by atoms with Gasteiger partial charge in [0.25, 0.3) is 0 Å². The molecule has 1 unspecified atom stereocenters. The van der Waals surface area contributed by atoms with Gasteiger partial charge in [0.1, 0.15) is 11.5 Å². The zero-order valence-electron chi connectivity index (χ0n) is 12.5. The maximum absolute atomic E-state index is 10.2. The van der Waals surface area contributed by atoms with Gasteiger partial charge in [-0.05, 0) is 41.1 Å². The topological polar surface area (TPSA) is 85.1 Å². The van der Waals surface area contributed by atoms with Crippen molar-refractivity contribution < 1.29 is 15.3 Å². The van der Waals surface area contributed by atoms with Crippen LogP contribution in [-0.4, -0.2) is 21.5 Å². The second-order valence-electron chi connectivity index (χ2n) is 5.25. The highest BCUT2D eigenvalue weighted by atomic mass is 35.5. The standard InChI is InChI=1S/C18H15ClN2O3/c19-14-5-6-16(22)13(7-14)10-20-21-18(24)15-8-11-3-1-2-4-12(11)9-17(15)23/h1-10,18,21-24H/b20-10+. The van der Waals surface area contributed by atoms with Gasteiger partial charge in [-0.3, -0.25) is 5.43 Å². The summed E-state index contributed by atoms with van der Waals surface area (Å²) in [6.45, 7) is 0. The van der Waals surface area contributed by atoms with Crippen LogP contribution in [0, 0.1) is 0 Å². The van der Waals surface area contributed by atoms with Crippen LogP contribution in [0.4, 0.5) is 0 Å². The number of phenols is 2. The molecule has 0 saturated carbocycles. The second kappa shape index (κ2) is 6.78. The predicted octanol–water partition coefficient (Wildman–Crippen LogP) is 3.52. The fourth-order valence-electron chi connectivity index (χ4n) is 2.34. The fourth-order valence-corrected chi connectivity index (χ4v) is 2.52. The lowest BCUT2D eigenvalue weighted by Crippen LogP contribution is -2.15. The maximum atomic E-state index is 10.2. The molecule has 1 atom stereocenters. The molecule has 0 heterocycles. The van der Waals surface area contributed by atoms with Crippen molar-refractivity contribution in [3.63, 3.8) is 0 Å². The molecule has 6 heteroatoms. The molecule has 0 radical (unpaired) electrons. The third-order valence-electron chi connectivity index (χ3n) is 3.58. The minimum absolute atomic E-state index is 0.0213. The Kier molecular flexibility index (Phi) is 4.55. The van der Waals surface area contributed by atoms with Crippen LogP contribution in [0.2, 0.25) is 5.02 Å². The van der Waals surface area contributed by atoms with Crippen molar-refractivity contribution in [3.05, 3.63) is 70.7 Å². The van der Waals surface area contributed by atoms with E-state index >= 15 is 0 Å². The molecule has 3 rings (SSSR count). The normalized spacial score (nSPS) is 12.6. The van der Waals surface area contributed by atoms with Crippen LogP contribution >= 0.6 is 11.6 Å². The lowest BCUT2D eigenvalue weighted by molar-refractivity contribution is 0.138. The van der Waals surface area contributed by atoms with Gasteiger partial charge in [0.05, 0.1) is 6.21 Å². The van der Waals surface area contributed by atoms with E-state index < -0.39 is 6.23 Å². The Balaban J connectivity index is 1.80. The Morgan fingerprint density at radius 3 is 2.42 bits per heavy atom. The number of nitrogens with one attached hydrogen (secondary N) is 1. The number of aromatic hydroxyl groups is 2. The summed E-state index contributed by atoms with van der Waals surface area (Å²) in [5, 5.41) is 36.1. The third kappa shape index (κ3) is 3.42. The van der Waals surface area contributed by atoms with Gasteiger partial charge in [-0.2, -0.15) is 5.10 Å². The summed E-state index contributed by atoms with van der Waals surface area (Å²) >= 11 is 5.85. The Morgan fingerprint density at radius 2 is 1.67 bits per heavy atom. The predicted molar refractivity (Wildman–Crippen MR) is 94.4 cm³/mol. The summed E-state index contributed by atoms with van der Waals surface area (Å²) < 4.78 is 0. The van der Waals surface area contributed by atoms with Gasteiger partial charge < -0.3 is 15.3 Å². The molecule has 5 nitrogen and oxygen atoms in total. The largest absolute Gasteiger partial charge is 0.507 e. The van der Waals surface area contributed by atoms with Gasteiger partial charge in [-0.25, -0.2) is 0 Å². The highest BCUT2D eigenvalue weighted by Crippen LogP contribution is 2.28. The molecule has 122 valence electrons. The number of phenolic OH excluding ortho intramolecular Hbond substituents is 2. The first-order valence-electron chi connectivity index (χ1n) is 7.21. The average Bonchev–Trinajstić information content (AvgIpc) is 2.57. The van der Waals surface area contributed by atoms with Crippen molar-refractivity contribution in [2.75, 3.05) is 0 Å². The molecule has 0 aromatic heterocycles. The molecular formula is C18H15ClN2O3. The number of benzene rings is 3. The number of aliphatic hydroxyl groups excluding tert-OH is 1. The van der Waals surface area contributed by atoms with Gasteiger partial charge >= 0.3 is 0 Å². The quantitative estimate of drug-likeness (QED) is 0.332. The Labute approximate surface area is 143 Å². The minimum Gasteiger partial charge on any atom is -0.507 e. The monoisotopic (exact) mass is 342 g/mol. The number of rotatable bonds is 4. The van der Waals surface area contributed by atoms with E-state index in [1.165, 1.54) is 12.3 Å². The molecule has 0 amide bonds. The zero-order chi connectivity index (χ0) is 17.1. The minimum atomic E-state index is -1.20. The first-order valence-corrected chi connectivity index (χ1v) is 7.59. The number of nitrogens with zero attached hydrogens (tertiary/aromatic N) is 1. The third-order valence-corrected chi connectivity index (χ3v) is 3.81. The number of fused-ring (bicyclic) bond motifs is 1. The summed E-state index contributed by atoms with van der Waals surface area (Å²) in [5.41, 5.74) is 3.22. The van der Waals surface area contributed by atoms with Crippen molar-refractivity contribution in [2.24, 2.45) is 5.10 Å². The van der Waals surface area contributed by atoms with Gasteiger partial charge in [0, 0.05) is 16.1 Å². The van der Waals surface area contributed by atoms with Crippen LogP contribution in [0.3, 0.4) is 0 Å². The summed E-state index contributed by atoms with van der Waals surface area (Å²) in [6.07, 6.45) is 0.134. The van der Waals surface area contributed by atoms with Gasteiger partial charge in [0.2, 0.25) is 0 Å². The molecule has 3 aromatic rings. The molecule has 0 saturated heterocycles. The van der Waals surface area contributed by atoms with E-state index in [2.05, 4.69) is 10.5 Å². The molecule has 0 aliphatic rings. The van der Waals surface area contributed by atoms with Crippen LogP contribution in [0.15, 0.2) is 59.7 Å². The maximum Gasteiger partial charge on any atom is 0.169 e. The number of halogens is 1. The summed E-state index contributed by atoms with van der Waals surface area (Å²) in [4.78, 5) is 0. The Morgan fingerprint density at radius 1 is 0.958 bits per heavy atom. The van der Waals surface area contributed by atoms with Crippen LogP contribution < -0.4 is 5.43 Å². The number of hydrogen-bond acceptors (Lipinski definition) is 5. The first-order chi connectivity index (χ1) is 11.5. The van der Waals surface area contributed by atoms with Crippen LogP contribution in [0.1, 0.15) is 17.4 Å². The Bertz CT molecular complexity index is 912. The SMILES string of the molecule is Oc1ccc(Cl)cc1/C=N/NC(O)c1cc2ccccc2cc1O. The van der Waals surface area contributed by atoms with Crippen molar-refractivity contribution in [1.29, 1.82) is 0 Å². The Hall–Kier alpha value is -2.76. The molecule has 3 aromatic carbocycles. The van der Waals surface area contributed by atoms with E-state index in [0.29, 0.717) is 16.1 Å². The fraction of sp³-hybridized carbons (Fsp3) is 0.0556. The number of aliphatic hydroxyl groups is 1. The van der Waals surface area contributed by atoms with Crippen LogP contribution in [0.25, 0.3) is 10.8 Å². The van der Waals surface area contributed by atoms with Crippen molar-refractivity contribution in [3.8, 4) is 11.5 Å². The average molecular weight is 343 g/mol. The smallest absolute Gasteiger partial charge is 0.169 e.